The van der Waals surface area contributed by atoms with Crippen molar-refractivity contribution in [3.63, 3.8) is 0 Å². The monoisotopic (exact) mass is 354 g/mol. The molecule has 0 bridgehead atoms. The number of nitrogens with one attached hydrogen (secondary N) is 2. The van der Waals surface area contributed by atoms with Crippen molar-refractivity contribution in [2.24, 2.45) is 5.92 Å². The highest BCUT2D eigenvalue weighted by atomic mass is 35.5. The van der Waals surface area contributed by atoms with E-state index in [2.05, 4.69) is 10.6 Å². The summed E-state index contributed by atoms with van der Waals surface area (Å²) < 4.78 is 0. The molecule has 1 aromatic rings. The molecule has 1 rings (SSSR count). The van der Waals surface area contributed by atoms with Gasteiger partial charge in [-0.1, -0.05) is 44.2 Å². The largest absolute Gasteiger partial charge is 0.480 e. The van der Waals surface area contributed by atoms with Crippen molar-refractivity contribution in [2.45, 2.75) is 38.8 Å². The van der Waals surface area contributed by atoms with Gasteiger partial charge in [0.05, 0.1) is 0 Å². The van der Waals surface area contributed by atoms with Gasteiger partial charge in [0, 0.05) is 6.42 Å². The summed E-state index contributed by atoms with van der Waals surface area (Å²) in [6, 6.07) is 7.28. The van der Waals surface area contributed by atoms with Crippen LogP contribution in [0.25, 0.3) is 0 Å². The van der Waals surface area contributed by atoms with E-state index in [0.29, 0.717) is 6.42 Å². The molecular weight excluding hydrogens is 332 g/mol. The van der Waals surface area contributed by atoms with Crippen molar-refractivity contribution in [1.82, 2.24) is 10.6 Å². The van der Waals surface area contributed by atoms with E-state index >= 15 is 0 Å². The molecule has 6 nitrogen and oxygen atoms in total. The molecule has 0 aliphatic heterocycles. The number of halogens is 1. The average Bonchev–Trinajstić information content (AvgIpc) is 2.53. The Kier molecular flexibility index (Phi) is 8.26. The van der Waals surface area contributed by atoms with E-state index < -0.39 is 29.9 Å². The van der Waals surface area contributed by atoms with Gasteiger partial charge in [-0.05, 0) is 17.9 Å². The zero-order chi connectivity index (χ0) is 18.1. The van der Waals surface area contributed by atoms with E-state index in [1.807, 2.05) is 44.2 Å². The van der Waals surface area contributed by atoms with Crippen LogP contribution >= 0.6 is 11.6 Å². The van der Waals surface area contributed by atoms with Crippen molar-refractivity contribution in [3.05, 3.63) is 35.9 Å². The summed E-state index contributed by atoms with van der Waals surface area (Å²) in [5.74, 6) is -2.28. The third-order valence-electron chi connectivity index (χ3n) is 3.38. The second-order valence-corrected chi connectivity index (χ2v) is 6.24. The van der Waals surface area contributed by atoms with Crippen molar-refractivity contribution < 1.29 is 19.5 Å². The van der Waals surface area contributed by atoms with E-state index in [1.54, 1.807) is 0 Å². The second-order valence-electron chi connectivity index (χ2n) is 5.97. The number of carboxylic acid groups (broad SMARTS) is 1. The Morgan fingerprint density at radius 2 is 1.71 bits per heavy atom. The molecule has 0 fully saturated rings. The lowest BCUT2D eigenvalue weighted by atomic mass is 10.0. The number of aliphatic carboxylic acids is 1. The second kappa shape index (κ2) is 9.93. The first-order valence-electron chi connectivity index (χ1n) is 7.76. The Hall–Kier alpha value is -2.08. The average molecular weight is 355 g/mol. The highest BCUT2D eigenvalue weighted by Gasteiger charge is 2.27. The summed E-state index contributed by atoms with van der Waals surface area (Å²) in [4.78, 5) is 35.3. The maximum atomic E-state index is 12.5. The Bertz CT molecular complexity index is 563. The van der Waals surface area contributed by atoms with Gasteiger partial charge in [-0.15, -0.1) is 11.6 Å². The van der Waals surface area contributed by atoms with Gasteiger partial charge in [-0.2, -0.15) is 0 Å². The third-order valence-corrected chi connectivity index (χ3v) is 3.62. The fraction of sp³-hybridized carbons (Fsp3) is 0.471. The van der Waals surface area contributed by atoms with Crippen LogP contribution < -0.4 is 10.6 Å². The number of hydrogen-bond acceptors (Lipinski definition) is 3. The molecule has 2 amide bonds. The minimum atomic E-state index is -1.10. The predicted octanol–water partition coefficient (Wildman–Crippen LogP) is 1.57. The molecule has 1 aromatic carbocycles. The summed E-state index contributed by atoms with van der Waals surface area (Å²) in [6.45, 7) is 3.75. The van der Waals surface area contributed by atoms with E-state index in [9.17, 15) is 19.5 Å². The number of carboxylic acids is 1. The smallest absolute Gasteiger partial charge is 0.326 e. The number of rotatable bonds is 9. The lowest BCUT2D eigenvalue weighted by Gasteiger charge is -2.22. The Balaban J connectivity index is 2.85. The van der Waals surface area contributed by atoms with Crippen LogP contribution in [0.2, 0.25) is 0 Å². The van der Waals surface area contributed by atoms with Gasteiger partial charge in [0.25, 0.3) is 0 Å². The molecule has 0 aliphatic rings. The third kappa shape index (κ3) is 7.00. The molecule has 0 heterocycles. The molecule has 0 aromatic heterocycles. The molecule has 1 unspecified atom stereocenters. The van der Waals surface area contributed by atoms with Crippen molar-refractivity contribution in [3.8, 4) is 0 Å². The summed E-state index contributed by atoms with van der Waals surface area (Å²) in [5, 5.41) is 14.3. The molecule has 7 heteroatoms. The molecule has 0 spiro atoms. The Morgan fingerprint density at radius 3 is 2.21 bits per heavy atom. The summed E-state index contributed by atoms with van der Waals surface area (Å²) >= 11 is 5.49. The Morgan fingerprint density at radius 1 is 1.08 bits per heavy atom. The molecule has 0 saturated heterocycles. The number of carbonyl (C=O) groups excluding carboxylic acids is 2. The lowest BCUT2D eigenvalue weighted by Crippen LogP contribution is -2.53. The molecule has 3 N–H and O–H groups in total. The summed E-state index contributed by atoms with van der Waals surface area (Å²) in [5.41, 5.74) is 0.850. The quantitative estimate of drug-likeness (QED) is 0.586. The van der Waals surface area contributed by atoms with Crippen LogP contribution in [0.4, 0.5) is 0 Å². The number of hydrogen-bond donors (Lipinski definition) is 3. The number of alkyl halides is 1. The molecule has 132 valence electrons. The normalized spacial score (nSPS) is 13.2. The van der Waals surface area contributed by atoms with Gasteiger partial charge in [-0.3, -0.25) is 9.59 Å². The number of carbonyl (C=O) groups is 3. The van der Waals surface area contributed by atoms with Crippen LogP contribution in [0.5, 0.6) is 0 Å². The zero-order valence-corrected chi connectivity index (χ0v) is 14.5. The van der Waals surface area contributed by atoms with E-state index in [4.69, 9.17) is 11.6 Å². The topological polar surface area (TPSA) is 95.5 Å². The SMILES string of the molecule is CC(C)C[C@@H](NC(=O)C(Cc1ccccc1)NC(=O)CCl)C(=O)O. The van der Waals surface area contributed by atoms with Crippen LogP contribution in [0, 0.1) is 5.92 Å². The number of amides is 2. The Labute approximate surface area is 146 Å². The molecule has 0 aliphatic carbocycles. The van der Waals surface area contributed by atoms with E-state index in [0.717, 1.165) is 5.56 Å². The first-order chi connectivity index (χ1) is 11.3. The van der Waals surface area contributed by atoms with Gasteiger partial charge in [0.1, 0.15) is 18.0 Å². The summed E-state index contributed by atoms with van der Waals surface area (Å²) in [7, 11) is 0. The van der Waals surface area contributed by atoms with Crippen LogP contribution in [-0.2, 0) is 20.8 Å². The van der Waals surface area contributed by atoms with Crippen molar-refractivity contribution >= 4 is 29.4 Å². The van der Waals surface area contributed by atoms with E-state index in [-0.39, 0.29) is 18.2 Å². The fourth-order valence-corrected chi connectivity index (χ4v) is 2.33. The van der Waals surface area contributed by atoms with Gasteiger partial charge >= 0.3 is 5.97 Å². The molecule has 2 atom stereocenters. The maximum absolute atomic E-state index is 12.5. The standard InChI is InChI=1S/C17H23ClN2O4/c1-11(2)8-14(17(23)24)20-16(22)13(19-15(21)10-18)9-12-6-4-3-5-7-12/h3-7,11,13-14H,8-10H2,1-2H3,(H,19,21)(H,20,22)(H,23,24)/t13?,14-/m1/s1. The molecule has 24 heavy (non-hydrogen) atoms. The van der Waals surface area contributed by atoms with Crippen molar-refractivity contribution in [1.29, 1.82) is 0 Å². The molecule has 0 radical (unpaired) electrons. The van der Waals surface area contributed by atoms with Gasteiger partial charge < -0.3 is 15.7 Å². The van der Waals surface area contributed by atoms with Gasteiger partial charge in [0.2, 0.25) is 11.8 Å². The van der Waals surface area contributed by atoms with Crippen LogP contribution in [-0.4, -0.2) is 40.9 Å². The first kappa shape index (κ1) is 20.0. The van der Waals surface area contributed by atoms with Crippen LogP contribution in [0.3, 0.4) is 0 Å². The van der Waals surface area contributed by atoms with E-state index in [1.165, 1.54) is 0 Å². The predicted molar refractivity (Wildman–Crippen MR) is 91.8 cm³/mol. The minimum absolute atomic E-state index is 0.108. The number of benzene rings is 1. The molecule has 0 saturated carbocycles. The highest BCUT2D eigenvalue weighted by Crippen LogP contribution is 2.08. The first-order valence-corrected chi connectivity index (χ1v) is 8.29. The maximum Gasteiger partial charge on any atom is 0.326 e. The van der Waals surface area contributed by atoms with Gasteiger partial charge in [-0.25, -0.2) is 4.79 Å². The minimum Gasteiger partial charge on any atom is -0.480 e. The van der Waals surface area contributed by atoms with Crippen LogP contribution in [0.15, 0.2) is 30.3 Å². The fourth-order valence-electron chi connectivity index (χ4n) is 2.26. The highest BCUT2D eigenvalue weighted by molar-refractivity contribution is 6.27. The molecular formula is C17H23ClN2O4. The zero-order valence-electron chi connectivity index (χ0n) is 13.8. The van der Waals surface area contributed by atoms with Crippen molar-refractivity contribution in [2.75, 3.05) is 5.88 Å². The summed E-state index contributed by atoms with van der Waals surface area (Å²) in [6.07, 6.45) is 0.561. The lowest BCUT2D eigenvalue weighted by molar-refractivity contribution is -0.142. The van der Waals surface area contributed by atoms with Crippen LogP contribution in [0.1, 0.15) is 25.8 Å². The van der Waals surface area contributed by atoms with Gasteiger partial charge in [0.15, 0.2) is 0 Å².